The van der Waals surface area contributed by atoms with Crippen LogP contribution in [0.25, 0.3) is 5.57 Å². The first-order valence-corrected chi connectivity index (χ1v) is 13.7. The van der Waals surface area contributed by atoms with Crippen molar-refractivity contribution in [2.75, 3.05) is 19.7 Å². The van der Waals surface area contributed by atoms with Crippen molar-refractivity contribution in [2.45, 2.75) is 44.7 Å². The van der Waals surface area contributed by atoms with Crippen LogP contribution in [0.2, 0.25) is 5.02 Å². The lowest BCUT2D eigenvalue weighted by molar-refractivity contribution is -0.132. The van der Waals surface area contributed by atoms with Crippen molar-refractivity contribution in [3.8, 4) is 5.75 Å². The molecule has 40 heavy (non-hydrogen) atoms. The Morgan fingerprint density at radius 3 is 2.48 bits per heavy atom. The fourth-order valence-corrected chi connectivity index (χ4v) is 4.58. The lowest BCUT2D eigenvalue weighted by atomic mass is 9.93. The minimum absolute atomic E-state index is 0.0407. The Kier molecular flexibility index (Phi) is 10.6. The van der Waals surface area contributed by atoms with Crippen LogP contribution in [0.5, 0.6) is 5.75 Å². The van der Waals surface area contributed by atoms with Gasteiger partial charge in [-0.2, -0.15) is 4.39 Å². The summed E-state index contributed by atoms with van der Waals surface area (Å²) in [6, 6.07) is 17.9. The molecule has 1 fully saturated rings. The van der Waals surface area contributed by atoms with E-state index in [4.69, 9.17) is 16.3 Å². The molecule has 0 spiro atoms. The first-order valence-electron chi connectivity index (χ1n) is 13.3. The van der Waals surface area contributed by atoms with E-state index >= 15 is 0 Å². The number of hydrogen-bond acceptors (Lipinski definition) is 4. The highest BCUT2D eigenvalue weighted by Crippen LogP contribution is 2.26. The minimum Gasteiger partial charge on any atom is -0.488 e. The van der Waals surface area contributed by atoms with E-state index in [2.05, 4.69) is 16.7 Å². The summed E-state index contributed by atoms with van der Waals surface area (Å²) in [7, 11) is 0. The SMILES string of the molecule is Clc1cccc(CNC2CC2)c1.O=C(O)C1=C(c2ccc(CCCOc3c(F)ccc(F)c3F)cc2)CCNC1. The van der Waals surface area contributed by atoms with Crippen LogP contribution in [0, 0.1) is 17.5 Å². The van der Waals surface area contributed by atoms with Gasteiger partial charge in [-0.1, -0.05) is 48.0 Å². The first-order chi connectivity index (χ1) is 19.3. The average Bonchev–Trinajstić information content (AvgIpc) is 3.79. The predicted molar refractivity (Wildman–Crippen MR) is 150 cm³/mol. The molecule has 0 saturated heterocycles. The molecule has 0 unspecified atom stereocenters. The van der Waals surface area contributed by atoms with Crippen molar-refractivity contribution in [3.05, 3.63) is 105 Å². The maximum absolute atomic E-state index is 13.5. The Hall–Kier alpha value is -3.33. The Labute approximate surface area is 237 Å². The third kappa shape index (κ3) is 8.58. The van der Waals surface area contributed by atoms with Crippen molar-refractivity contribution in [2.24, 2.45) is 0 Å². The topological polar surface area (TPSA) is 70.6 Å². The Morgan fingerprint density at radius 1 is 1.02 bits per heavy atom. The van der Waals surface area contributed by atoms with E-state index in [9.17, 15) is 23.1 Å². The molecule has 3 aromatic carbocycles. The molecule has 3 aromatic rings. The molecule has 5 rings (SSSR count). The summed E-state index contributed by atoms with van der Waals surface area (Å²) >= 11 is 5.85. The summed E-state index contributed by atoms with van der Waals surface area (Å²) in [5, 5.41) is 16.7. The fraction of sp³-hybridized carbons (Fsp3) is 0.323. The molecule has 1 aliphatic heterocycles. The van der Waals surface area contributed by atoms with E-state index in [0.717, 1.165) is 46.9 Å². The maximum atomic E-state index is 13.5. The van der Waals surface area contributed by atoms with E-state index in [1.165, 1.54) is 18.4 Å². The van der Waals surface area contributed by atoms with Gasteiger partial charge in [0.2, 0.25) is 5.82 Å². The third-order valence-corrected chi connectivity index (χ3v) is 6.93. The van der Waals surface area contributed by atoms with Gasteiger partial charge < -0.3 is 20.5 Å². The second-order valence-electron chi connectivity index (χ2n) is 9.80. The zero-order valence-electron chi connectivity index (χ0n) is 22.0. The predicted octanol–water partition coefficient (Wildman–Crippen LogP) is 6.54. The third-order valence-electron chi connectivity index (χ3n) is 6.70. The molecule has 9 heteroatoms. The number of halogens is 4. The zero-order chi connectivity index (χ0) is 28.5. The smallest absolute Gasteiger partial charge is 0.333 e. The number of ether oxygens (including phenoxy) is 1. The first kappa shape index (κ1) is 29.6. The summed E-state index contributed by atoms with van der Waals surface area (Å²) < 4.78 is 45.2. The van der Waals surface area contributed by atoms with Gasteiger partial charge in [0, 0.05) is 24.2 Å². The molecule has 2 aliphatic rings. The number of nitrogens with one attached hydrogen (secondary N) is 2. The van der Waals surface area contributed by atoms with Gasteiger partial charge in [0.15, 0.2) is 17.4 Å². The van der Waals surface area contributed by atoms with E-state index in [0.29, 0.717) is 37.4 Å². The molecule has 0 atom stereocenters. The number of carbonyl (C=O) groups is 1. The molecule has 0 bridgehead atoms. The summed E-state index contributed by atoms with van der Waals surface area (Å²) in [5.41, 5.74) is 4.35. The Morgan fingerprint density at radius 2 is 1.77 bits per heavy atom. The Balaban J connectivity index is 0.000000255. The fourth-order valence-electron chi connectivity index (χ4n) is 4.37. The molecule has 1 aliphatic carbocycles. The second kappa shape index (κ2) is 14.3. The van der Waals surface area contributed by atoms with E-state index in [1.807, 2.05) is 42.5 Å². The van der Waals surface area contributed by atoms with Crippen LogP contribution in [0.4, 0.5) is 13.2 Å². The van der Waals surface area contributed by atoms with Crippen molar-refractivity contribution in [3.63, 3.8) is 0 Å². The van der Waals surface area contributed by atoms with E-state index < -0.39 is 29.2 Å². The van der Waals surface area contributed by atoms with Crippen molar-refractivity contribution in [1.29, 1.82) is 0 Å². The minimum atomic E-state index is -1.33. The highest BCUT2D eigenvalue weighted by Gasteiger charge is 2.20. The van der Waals surface area contributed by atoms with Gasteiger partial charge >= 0.3 is 5.97 Å². The molecule has 0 amide bonds. The number of rotatable bonds is 10. The quantitative estimate of drug-likeness (QED) is 0.190. The molecule has 0 aromatic heterocycles. The molecule has 212 valence electrons. The summed E-state index contributed by atoms with van der Waals surface area (Å²) in [4.78, 5) is 11.4. The van der Waals surface area contributed by atoms with Crippen molar-refractivity contribution >= 4 is 23.1 Å². The lowest BCUT2D eigenvalue weighted by Crippen LogP contribution is -2.28. The summed E-state index contributed by atoms with van der Waals surface area (Å²) in [6.45, 7) is 2.07. The van der Waals surface area contributed by atoms with Gasteiger partial charge in [0.05, 0.1) is 12.2 Å². The number of hydrogen-bond donors (Lipinski definition) is 3. The second-order valence-corrected chi connectivity index (χ2v) is 10.2. The largest absolute Gasteiger partial charge is 0.488 e. The van der Waals surface area contributed by atoms with Crippen LogP contribution < -0.4 is 15.4 Å². The van der Waals surface area contributed by atoms with Crippen LogP contribution in [-0.4, -0.2) is 36.8 Å². The molecule has 5 nitrogen and oxygen atoms in total. The van der Waals surface area contributed by atoms with Crippen molar-refractivity contribution in [1.82, 2.24) is 10.6 Å². The molecular weight excluding hydrogens is 541 g/mol. The average molecular weight is 573 g/mol. The number of aliphatic carboxylic acids is 1. The van der Waals surface area contributed by atoms with Gasteiger partial charge in [-0.05, 0) is 85.2 Å². The van der Waals surface area contributed by atoms with Gasteiger partial charge in [0.25, 0.3) is 0 Å². The maximum Gasteiger partial charge on any atom is 0.333 e. The number of benzene rings is 3. The van der Waals surface area contributed by atoms with Crippen LogP contribution in [-0.2, 0) is 17.8 Å². The standard InChI is InChI=1S/C21H20F3NO3.C10H12ClN/c22-17-7-8-18(23)20(19(17)24)28-11-1-2-13-3-5-14(6-4-13)15-9-10-25-12-16(15)21(26)27;11-9-3-1-2-8(6-9)7-12-10-4-5-10/h3-8,25H,1-2,9-12H2,(H,26,27);1-3,6,10,12H,4-5,7H2. The zero-order valence-corrected chi connectivity index (χ0v) is 22.7. The monoisotopic (exact) mass is 572 g/mol. The van der Waals surface area contributed by atoms with Gasteiger partial charge in [-0.3, -0.25) is 0 Å². The van der Waals surface area contributed by atoms with Crippen LogP contribution in [0.3, 0.4) is 0 Å². The molecule has 1 heterocycles. The van der Waals surface area contributed by atoms with Crippen LogP contribution >= 0.6 is 11.6 Å². The van der Waals surface area contributed by atoms with E-state index in [1.54, 1.807) is 0 Å². The van der Waals surface area contributed by atoms with E-state index in [-0.39, 0.29) is 6.61 Å². The van der Waals surface area contributed by atoms with Gasteiger partial charge in [-0.25, -0.2) is 13.6 Å². The lowest BCUT2D eigenvalue weighted by Gasteiger charge is -2.19. The van der Waals surface area contributed by atoms with Crippen LogP contribution in [0.15, 0.2) is 66.2 Å². The Bertz CT molecular complexity index is 1340. The highest BCUT2D eigenvalue weighted by molar-refractivity contribution is 6.30. The number of aryl methyl sites for hydroxylation is 1. The molecule has 0 radical (unpaired) electrons. The van der Waals surface area contributed by atoms with Gasteiger partial charge in [-0.15, -0.1) is 0 Å². The molecular formula is C31H32ClF3N2O3. The van der Waals surface area contributed by atoms with Gasteiger partial charge in [0.1, 0.15) is 0 Å². The normalized spacial score (nSPS) is 14.9. The van der Waals surface area contributed by atoms with Crippen LogP contribution in [0.1, 0.15) is 42.4 Å². The highest BCUT2D eigenvalue weighted by atomic mass is 35.5. The summed E-state index contributed by atoms with van der Waals surface area (Å²) in [6.07, 6.45) is 4.41. The number of carboxylic acid groups (broad SMARTS) is 1. The van der Waals surface area contributed by atoms with Crippen molar-refractivity contribution < 1.29 is 27.8 Å². The summed E-state index contributed by atoms with van der Waals surface area (Å²) in [5.74, 6) is -5.03. The molecule has 3 N–H and O–H groups in total. The molecule has 1 saturated carbocycles. The number of carboxylic acids is 1.